The minimum absolute atomic E-state index is 0.317. The Hall–Kier alpha value is -2.55. The lowest BCUT2D eigenvalue weighted by Crippen LogP contribution is -2.47. The van der Waals surface area contributed by atoms with Crippen molar-refractivity contribution in [1.29, 1.82) is 0 Å². The molecule has 1 aromatic carbocycles. The van der Waals surface area contributed by atoms with Gasteiger partial charge in [-0.3, -0.25) is 14.4 Å². The van der Waals surface area contributed by atoms with Crippen LogP contribution in [0.25, 0.3) is 10.2 Å². The third-order valence-electron chi connectivity index (χ3n) is 5.17. The van der Waals surface area contributed by atoms with Gasteiger partial charge in [-0.05, 0) is 23.6 Å². The molecule has 30 heavy (non-hydrogen) atoms. The Morgan fingerprint density at radius 2 is 2.03 bits per heavy atom. The Balaban J connectivity index is 1.64. The van der Waals surface area contributed by atoms with E-state index in [9.17, 15) is 19.5 Å². The van der Waals surface area contributed by atoms with E-state index in [0.717, 1.165) is 15.8 Å². The number of thiophene rings is 1. The SMILES string of the molecule is CC(=O)N(CC(=O)O)[C@@H]1c2ccccc2C[C@H]1NC(=O)c1cc2sc(Cl)c(Cl)c2[nH]1. The van der Waals surface area contributed by atoms with E-state index < -0.39 is 24.6 Å². The smallest absolute Gasteiger partial charge is 0.323 e. The maximum atomic E-state index is 12.9. The van der Waals surface area contributed by atoms with E-state index in [2.05, 4.69) is 10.3 Å². The minimum Gasteiger partial charge on any atom is -0.480 e. The molecule has 156 valence electrons. The number of carboxylic acid groups (broad SMARTS) is 1. The number of rotatable bonds is 5. The summed E-state index contributed by atoms with van der Waals surface area (Å²) in [7, 11) is 0. The van der Waals surface area contributed by atoms with Gasteiger partial charge >= 0.3 is 5.97 Å². The molecule has 4 rings (SSSR count). The second-order valence-electron chi connectivity index (χ2n) is 7.08. The zero-order chi connectivity index (χ0) is 21.6. The highest BCUT2D eigenvalue weighted by Crippen LogP contribution is 2.39. The highest BCUT2D eigenvalue weighted by atomic mass is 35.5. The Kier molecular flexibility index (Phi) is 5.48. The summed E-state index contributed by atoms with van der Waals surface area (Å²) in [6.45, 7) is 0.876. The first kappa shape index (κ1) is 20.7. The Morgan fingerprint density at radius 1 is 1.30 bits per heavy atom. The summed E-state index contributed by atoms with van der Waals surface area (Å²) in [6, 6.07) is 8.10. The molecule has 0 saturated carbocycles. The van der Waals surface area contributed by atoms with Crippen molar-refractivity contribution in [2.45, 2.75) is 25.4 Å². The lowest BCUT2D eigenvalue weighted by atomic mass is 10.0. The third kappa shape index (κ3) is 3.66. The number of hydrogen-bond donors (Lipinski definition) is 3. The average Bonchev–Trinajstić information content (AvgIpc) is 3.33. The molecule has 2 atom stereocenters. The van der Waals surface area contributed by atoms with Gasteiger partial charge in [0.1, 0.15) is 16.6 Å². The number of carboxylic acids is 1. The second-order valence-corrected chi connectivity index (χ2v) is 9.11. The molecule has 0 saturated heterocycles. The summed E-state index contributed by atoms with van der Waals surface area (Å²) in [5.41, 5.74) is 2.71. The standard InChI is InChI=1S/C20H17Cl2N3O4S/c1-9(26)25(8-15(27)28)18-11-5-3-2-4-10(11)6-12(18)24-20(29)13-7-14-17(23-13)16(21)19(22)30-14/h2-5,7,12,18,23H,6,8H2,1H3,(H,24,29)(H,27,28)/t12-,18-/m1/s1. The lowest BCUT2D eigenvalue weighted by Gasteiger charge is -2.32. The number of carbonyl (C=O) groups is 3. The molecule has 1 aliphatic carbocycles. The second kappa shape index (κ2) is 7.94. The van der Waals surface area contributed by atoms with E-state index in [-0.39, 0.29) is 11.8 Å². The number of fused-ring (bicyclic) bond motifs is 2. The van der Waals surface area contributed by atoms with Crippen LogP contribution < -0.4 is 5.32 Å². The molecule has 2 aromatic heterocycles. The molecule has 3 N–H and O–H groups in total. The molecule has 0 unspecified atom stereocenters. The van der Waals surface area contributed by atoms with E-state index in [1.807, 2.05) is 24.3 Å². The van der Waals surface area contributed by atoms with E-state index >= 15 is 0 Å². The van der Waals surface area contributed by atoms with Crippen molar-refractivity contribution in [1.82, 2.24) is 15.2 Å². The zero-order valence-electron chi connectivity index (χ0n) is 15.7. The molecule has 2 amide bonds. The van der Waals surface area contributed by atoms with Crippen LogP contribution in [-0.4, -0.2) is 45.4 Å². The molecular formula is C20H17Cl2N3O4S. The van der Waals surface area contributed by atoms with Crippen LogP contribution in [0.15, 0.2) is 30.3 Å². The summed E-state index contributed by atoms with van der Waals surface area (Å²) in [6.07, 6.45) is 0.484. The summed E-state index contributed by atoms with van der Waals surface area (Å²) in [4.78, 5) is 40.8. The number of aromatic nitrogens is 1. The Labute approximate surface area is 185 Å². The molecule has 0 radical (unpaired) electrons. The van der Waals surface area contributed by atoms with Crippen LogP contribution in [0.5, 0.6) is 0 Å². The van der Waals surface area contributed by atoms with Crippen molar-refractivity contribution in [3.8, 4) is 0 Å². The lowest BCUT2D eigenvalue weighted by molar-refractivity contribution is -0.145. The summed E-state index contributed by atoms with van der Waals surface area (Å²) in [5, 5.41) is 12.6. The van der Waals surface area contributed by atoms with Crippen LogP contribution in [0.2, 0.25) is 9.36 Å². The molecule has 10 heteroatoms. The maximum absolute atomic E-state index is 12.9. The van der Waals surface area contributed by atoms with Gasteiger partial charge in [0.15, 0.2) is 0 Å². The number of nitrogens with one attached hydrogen (secondary N) is 2. The molecule has 0 aliphatic heterocycles. The van der Waals surface area contributed by atoms with Crippen LogP contribution in [0, 0.1) is 0 Å². The number of H-pyrrole nitrogens is 1. The molecule has 0 bridgehead atoms. The first-order valence-corrected chi connectivity index (χ1v) is 10.7. The predicted molar refractivity (Wildman–Crippen MR) is 115 cm³/mol. The van der Waals surface area contributed by atoms with Crippen LogP contribution in [0.4, 0.5) is 0 Å². The number of aliphatic carboxylic acids is 1. The molecule has 0 spiro atoms. The summed E-state index contributed by atoms with van der Waals surface area (Å²) in [5.74, 6) is -1.86. The number of benzene rings is 1. The first-order chi connectivity index (χ1) is 14.3. The van der Waals surface area contributed by atoms with Gasteiger partial charge < -0.3 is 20.3 Å². The Morgan fingerprint density at radius 3 is 2.70 bits per heavy atom. The van der Waals surface area contributed by atoms with E-state index in [4.69, 9.17) is 23.2 Å². The van der Waals surface area contributed by atoms with Crippen molar-refractivity contribution >= 4 is 62.5 Å². The van der Waals surface area contributed by atoms with E-state index in [0.29, 0.717) is 27.0 Å². The molecular weight excluding hydrogens is 449 g/mol. The van der Waals surface area contributed by atoms with Gasteiger partial charge in [-0.15, -0.1) is 11.3 Å². The third-order valence-corrected chi connectivity index (χ3v) is 7.11. The van der Waals surface area contributed by atoms with Gasteiger partial charge in [-0.25, -0.2) is 0 Å². The zero-order valence-corrected chi connectivity index (χ0v) is 18.1. The van der Waals surface area contributed by atoms with Crippen molar-refractivity contribution < 1.29 is 19.5 Å². The van der Waals surface area contributed by atoms with Crippen LogP contribution in [0.1, 0.15) is 34.6 Å². The number of carbonyl (C=O) groups excluding carboxylic acids is 2. The van der Waals surface area contributed by atoms with Gasteiger partial charge in [0.25, 0.3) is 5.91 Å². The fraction of sp³-hybridized carbons (Fsp3) is 0.250. The van der Waals surface area contributed by atoms with Gasteiger partial charge in [0.05, 0.1) is 27.3 Å². The molecule has 7 nitrogen and oxygen atoms in total. The van der Waals surface area contributed by atoms with E-state index in [1.54, 1.807) is 6.07 Å². The molecule has 1 aliphatic rings. The number of hydrogen-bond acceptors (Lipinski definition) is 4. The quantitative estimate of drug-likeness (QED) is 0.531. The first-order valence-electron chi connectivity index (χ1n) is 9.10. The van der Waals surface area contributed by atoms with Crippen molar-refractivity contribution in [2.75, 3.05) is 6.54 Å². The van der Waals surface area contributed by atoms with Crippen LogP contribution in [0.3, 0.4) is 0 Å². The van der Waals surface area contributed by atoms with Gasteiger partial charge in [-0.2, -0.15) is 0 Å². The van der Waals surface area contributed by atoms with Crippen molar-refractivity contribution in [2.24, 2.45) is 0 Å². The van der Waals surface area contributed by atoms with Gasteiger partial charge in [0, 0.05) is 6.92 Å². The highest BCUT2D eigenvalue weighted by Gasteiger charge is 2.39. The average molecular weight is 466 g/mol. The normalized spacial score (nSPS) is 17.7. The maximum Gasteiger partial charge on any atom is 0.323 e. The molecule has 0 fully saturated rings. The highest BCUT2D eigenvalue weighted by molar-refractivity contribution is 7.23. The molecule has 3 aromatic rings. The van der Waals surface area contributed by atoms with E-state index in [1.165, 1.54) is 23.2 Å². The fourth-order valence-electron chi connectivity index (χ4n) is 3.93. The van der Waals surface area contributed by atoms with Crippen LogP contribution >= 0.6 is 34.5 Å². The monoisotopic (exact) mass is 465 g/mol. The summed E-state index contributed by atoms with van der Waals surface area (Å²) < 4.78 is 1.21. The minimum atomic E-state index is -1.12. The fourth-order valence-corrected chi connectivity index (χ4v) is 5.41. The van der Waals surface area contributed by atoms with Crippen LogP contribution in [-0.2, 0) is 16.0 Å². The molecule has 2 heterocycles. The number of nitrogens with zero attached hydrogens (tertiary/aromatic N) is 1. The van der Waals surface area contributed by atoms with Gasteiger partial charge in [0.2, 0.25) is 5.91 Å². The summed E-state index contributed by atoms with van der Waals surface area (Å²) >= 11 is 13.4. The van der Waals surface area contributed by atoms with Gasteiger partial charge in [-0.1, -0.05) is 47.5 Å². The Bertz CT molecular complexity index is 1170. The number of halogens is 2. The largest absolute Gasteiger partial charge is 0.480 e. The predicted octanol–water partition coefficient (Wildman–Crippen LogP) is 3.87. The van der Waals surface area contributed by atoms with Crippen molar-refractivity contribution in [3.63, 3.8) is 0 Å². The van der Waals surface area contributed by atoms with Crippen molar-refractivity contribution in [3.05, 3.63) is 56.5 Å². The number of amides is 2. The number of aromatic amines is 1. The topological polar surface area (TPSA) is 102 Å².